The van der Waals surface area contributed by atoms with Crippen LogP contribution in [0.2, 0.25) is 0 Å². The fraction of sp³-hybridized carbons (Fsp3) is 0.409. The summed E-state index contributed by atoms with van der Waals surface area (Å²) >= 11 is 0. The van der Waals surface area contributed by atoms with Gasteiger partial charge in [-0.3, -0.25) is 4.68 Å². The summed E-state index contributed by atoms with van der Waals surface area (Å²) in [4.78, 5) is 0. The Kier molecular flexibility index (Phi) is 6.82. The standard InChI is InChI=1S/C20H24N6O.C2H6/c1-13(14-6-8-22-9-7-14)26-12-15(11-23-26)17-10-18(24-25-20(17)21)16-4-2-3-5-19(16)27;1-2/h2-5,10-14,22,27H,6-9H2,1H3,(H2,21,25);1-2H3. The summed E-state index contributed by atoms with van der Waals surface area (Å²) in [6.07, 6.45) is 6.16. The number of nitrogens with two attached hydrogens (primary N) is 1. The van der Waals surface area contributed by atoms with Crippen LogP contribution in [0.3, 0.4) is 0 Å². The van der Waals surface area contributed by atoms with Crippen molar-refractivity contribution in [1.29, 1.82) is 0 Å². The molecule has 2 aromatic heterocycles. The highest BCUT2D eigenvalue weighted by Gasteiger charge is 2.22. The Hall–Kier alpha value is -2.93. The van der Waals surface area contributed by atoms with Gasteiger partial charge in [0.1, 0.15) is 5.75 Å². The Morgan fingerprint density at radius 2 is 1.86 bits per heavy atom. The predicted molar refractivity (Wildman–Crippen MR) is 116 cm³/mol. The molecule has 154 valence electrons. The van der Waals surface area contributed by atoms with Gasteiger partial charge >= 0.3 is 0 Å². The predicted octanol–water partition coefficient (Wildman–Crippen LogP) is 3.88. The van der Waals surface area contributed by atoms with Gasteiger partial charge in [-0.1, -0.05) is 26.0 Å². The molecule has 1 fully saturated rings. The number of phenols is 1. The number of aromatic hydroxyl groups is 1. The lowest BCUT2D eigenvalue weighted by Crippen LogP contribution is -2.31. The monoisotopic (exact) mass is 394 g/mol. The van der Waals surface area contributed by atoms with Crippen LogP contribution in [-0.2, 0) is 0 Å². The quantitative estimate of drug-likeness (QED) is 0.621. The van der Waals surface area contributed by atoms with Crippen molar-refractivity contribution in [3.8, 4) is 28.1 Å². The Labute approximate surface area is 172 Å². The van der Waals surface area contributed by atoms with Crippen molar-refractivity contribution in [1.82, 2.24) is 25.3 Å². The lowest BCUT2D eigenvalue weighted by Gasteiger charge is -2.28. The highest BCUT2D eigenvalue weighted by Crippen LogP contribution is 2.33. The molecule has 0 aliphatic carbocycles. The van der Waals surface area contributed by atoms with Gasteiger partial charge in [-0.2, -0.15) is 5.10 Å². The van der Waals surface area contributed by atoms with Gasteiger partial charge in [0.15, 0.2) is 5.82 Å². The first-order valence-electron chi connectivity index (χ1n) is 10.3. The zero-order chi connectivity index (χ0) is 20.8. The van der Waals surface area contributed by atoms with E-state index < -0.39 is 0 Å². The number of rotatable bonds is 4. The molecule has 1 aliphatic rings. The van der Waals surface area contributed by atoms with Crippen molar-refractivity contribution in [2.24, 2.45) is 5.92 Å². The zero-order valence-electron chi connectivity index (χ0n) is 17.3. The van der Waals surface area contributed by atoms with E-state index in [1.165, 1.54) is 0 Å². The minimum atomic E-state index is 0.165. The van der Waals surface area contributed by atoms with Gasteiger partial charge in [-0.05, 0) is 57.0 Å². The Morgan fingerprint density at radius 3 is 2.59 bits per heavy atom. The zero-order valence-corrected chi connectivity index (χ0v) is 17.3. The molecule has 3 heterocycles. The average Bonchev–Trinajstić information content (AvgIpc) is 3.26. The second-order valence-electron chi connectivity index (χ2n) is 7.08. The molecule has 1 atom stereocenters. The third-order valence-electron chi connectivity index (χ3n) is 5.40. The summed E-state index contributed by atoms with van der Waals surface area (Å²) in [5, 5.41) is 26.3. The van der Waals surface area contributed by atoms with Crippen molar-refractivity contribution in [2.75, 3.05) is 18.8 Å². The molecule has 0 amide bonds. The van der Waals surface area contributed by atoms with Crippen LogP contribution in [0.25, 0.3) is 22.4 Å². The Bertz CT molecular complexity index is 933. The van der Waals surface area contributed by atoms with Crippen LogP contribution in [0.5, 0.6) is 5.75 Å². The number of nitrogen functional groups attached to an aromatic ring is 1. The number of benzene rings is 1. The fourth-order valence-corrected chi connectivity index (χ4v) is 3.70. The van der Waals surface area contributed by atoms with E-state index in [0.29, 0.717) is 29.0 Å². The number of nitrogens with one attached hydrogen (secondary N) is 1. The van der Waals surface area contributed by atoms with E-state index in [1.54, 1.807) is 12.1 Å². The molecule has 0 bridgehead atoms. The number of piperidine rings is 1. The number of aromatic nitrogens is 4. The molecule has 1 unspecified atom stereocenters. The van der Waals surface area contributed by atoms with E-state index in [4.69, 9.17) is 5.73 Å². The first-order valence-corrected chi connectivity index (χ1v) is 10.3. The summed E-state index contributed by atoms with van der Waals surface area (Å²) < 4.78 is 2.02. The largest absolute Gasteiger partial charge is 0.507 e. The van der Waals surface area contributed by atoms with E-state index in [2.05, 4.69) is 27.5 Å². The van der Waals surface area contributed by atoms with Crippen LogP contribution >= 0.6 is 0 Å². The molecule has 0 spiro atoms. The fourth-order valence-electron chi connectivity index (χ4n) is 3.70. The molecular weight excluding hydrogens is 364 g/mol. The first kappa shape index (κ1) is 20.8. The summed E-state index contributed by atoms with van der Waals surface area (Å²) in [6, 6.07) is 9.25. The number of hydrogen-bond acceptors (Lipinski definition) is 6. The average molecular weight is 395 g/mol. The van der Waals surface area contributed by atoms with Crippen molar-refractivity contribution < 1.29 is 5.11 Å². The summed E-state index contributed by atoms with van der Waals surface area (Å²) in [6.45, 7) is 8.34. The summed E-state index contributed by atoms with van der Waals surface area (Å²) in [7, 11) is 0. The van der Waals surface area contributed by atoms with E-state index >= 15 is 0 Å². The van der Waals surface area contributed by atoms with Crippen LogP contribution in [0.4, 0.5) is 5.82 Å². The Morgan fingerprint density at radius 1 is 1.14 bits per heavy atom. The molecule has 4 rings (SSSR count). The van der Waals surface area contributed by atoms with Gasteiger partial charge in [-0.25, -0.2) is 0 Å². The normalized spacial score (nSPS) is 15.4. The molecule has 29 heavy (non-hydrogen) atoms. The Balaban J connectivity index is 0.00000117. The van der Waals surface area contributed by atoms with Crippen molar-refractivity contribution in [2.45, 2.75) is 39.7 Å². The molecular formula is C22H30N6O. The van der Waals surface area contributed by atoms with Gasteiger partial charge in [0.05, 0.1) is 17.9 Å². The summed E-state index contributed by atoms with van der Waals surface area (Å²) in [5.41, 5.74) is 8.96. The van der Waals surface area contributed by atoms with Crippen LogP contribution in [0.1, 0.15) is 39.7 Å². The smallest absolute Gasteiger partial charge is 0.154 e. The second-order valence-corrected chi connectivity index (χ2v) is 7.08. The first-order chi connectivity index (χ1) is 14.1. The van der Waals surface area contributed by atoms with E-state index in [0.717, 1.165) is 37.1 Å². The lowest BCUT2D eigenvalue weighted by molar-refractivity contribution is 0.261. The number of nitrogens with zero attached hydrogens (tertiary/aromatic N) is 4. The van der Waals surface area contributed by atoms with Gasteiger partial charge < -0.3 is 16.2 Å². The van der Waals surface area contributed by atoms with Crippen molar-refractivity contribution in [3.05, 3.63) is 42.7 Å². The third-order valence-corrected chi connectivity index (χ3v) is 5.40. The van der Waals surface area contributed by atoms with Crippen LogP contribution in [-0.4, -0.2) is 38.2 Å². The minimum absolute atomic E-state index is 0.165. The highest BCUT2D eigenvalue weighted by atomic mass is 16.3. The highest BCUT2D eigenvalue weighted by molar-refractivity contribution is 5.78. The van der Waals surface area contributed by atoms with Gasteiger partial charge in [0, 0.05) is 22.9 Å². The molecule has 1 aromatic carbocycles. The molecule has 1 aliphatic heterocycles. The van der Waals surface area contributed by atoms with Gasteiger partial charge in [0.2, 0.25) is 0 Å². The van der Waals surface area contributed by atoms with E-state index in [1.807, 2.05) is 49.1 Å². The van der Waals surface area contributed by atoms with Gasteiger partial charge in [-0.15, -0.1) is 10.2 Å². The number of phenolic OH excluding ortho intramolecular Hbond substituents is 1. The minimum Gasteiger partial charge on any atom is -0.507 e. The molecule has 7 heteroatoms. The van der Waals surface area contributed by atoms with Crippen molar-refractivity contribution in [3.63, 3.8) is 0 Å². The third kappa shape index (κ3) is 4.56. The molecule has 0 saturated carbocycles. The maximum absolute atomic E-state index is 10.1. The maximum Gasteiger partial charge on any atom is 0.154 e. The van der Waals surface area contributed by atoms with Crippen LogP contribution in [0, 0.1) is 5.92 Å². The SMILES string of the molecule is CC.CC(C1CCNCC1)n1cc(-c2cc(-c3ccccc3O)nnc2N)cn1. The number of para-hydroxylation sites is 1. The molecule has 0 radical (unpaired) electrons. The molecule has 3 aromatic rings. The number of hydrogen-bond donors (Lipinski definition) is 3. The maximum atomic E-state index is 10.1. The second kappa shape index (κ2) is 9.52. The lowest BCUT2D eigenvalue weighted by atomic mass is 9.91. The van der Waals surface area contributed by atoms with Crippen molar-refractivity contribution >= 4 is 5.82 Å². The van der Waals surface area contributed by atoms with Gasteiger partial charge in [0.25, 0.3) is 0 Å². The topological polar surface area (TPSA) is 102 Å². The summed E-state index contributed by atoms with van der Waals surface area (Å²) in [5.74, 6) is 1.13. The van der Waals surface area contributed by atoms with E-state index in [-0.39, 0.29) is 5.75 Å². The van der Waals surface area contributed by atoms with Crippen LogP contribution < -0.4 is 11.1 Å². The molecule has 7 nitrogen and oxygen atoms in total. The van der Waals surface area contributed by atoms with E-state index in [9.17, 15) is 5.11 Å². The molecule has 4 N–H and O–H groups in total. The van der Waals surface area contributed by atoms with Crippen LogP contribution in [0.15, 0.2) is 42.7 Å². The number of anilines is 1. The molecule has 1 saturated heterocycles.